The highest BCUT2D eigenvalue weighted by Gasteiger charge is 2.28. The van der Waals surface area contributed by atoms with Crippen molar-refractivity contribution in [2.24, 2.45) is 0 Å². The Kier molecular flexibility index (Phi) is 9.83. The molecule has 29 heavy (non-hydrogen) atoms. The number of likely N-dealkylation sites (N-methyl/N-ethyl adjacent to an activating group) is 2. The normalized spacial score (nSPS) is 11.2. The van der Waals surface area contributed by atoms with Crippen LogP contribution in [0.25, 0.3) is 0 Å². The maximum absolute atomic E-state index is 13.0. The van der Waals surface area contributed by atoms with E-state index in [0.29, 0.717) is 13.1 Å². The van der Waals surface area contributed by atoms with E-state index < -0.39 is 20.7 Å². The number of nitrogens with one attached hydrogen (secondary N) is 1. The molecule has 0 spiro atoms. The van der Waals surface area contributed by atoms with Gasteiger partial charge in [-0.1, -0.05) is 60.7 Å². The van der Waals surface area contributed by atoms with Crippen molar-refractivity contribution in [3.05, 3.63) is 71.8 Å². The van der Waals surface area contributed by atoms with Gasteiger partial charge in [0.2, 0.25) is 6.79 Å². The van der Waals surface area contributed by atoms with Crippen molar-refractivity contribution < 1.29 is 27.7 Å². The molecule has 2 aromatic carbocycles. The molecule has 8 nitrogen and oxygen atoms in total. The molecule has 0 radical (unpaired) electrons. The lowest BCUT2D eigenvalue weighted by Crippen LogP contribution is -2.33. The first-order chi connectivity index (χ1) is 14.0. The minimum Gasteiger partial charge on any atom is -0.422 e. The summed E-state index contributed by atoms with van der Waals surface area (Å²) >= 11 is 0. The molecule has 158 valence electrons. The van der Waals surface area contributed by atoms with Gasteiger partial charge in [-0.15, -0.1) is 0 Å². The first-order valence-corrected chi connectivity index (χ1v) is 10.6. The van der Waals surface area contributed by atoms with Crippen LogP contribution in [-0.2, 0) is 36.1 Å². The molecule has 0 aromatic heterocycles. The number of benzene rings is 2. The Bertz CT molecular complexity index is 728. The van der Waals surface area contributed by atoms with E-state index in [1.165, 1.54) is 4.90 Å². The third kappa shape index (κ3) is 8.77. The quantitative estimate of drug-likeness (QED) is 0.411. The Morgan fingerprint density at radius 2 is 1.45 bits per heavy atom. The van der Waals surface area contributed by atoms with Gasteiger partial charge < -0.3 is 15.0 Å². The van der Waals surface area contributed by atoms with Crippen LogP contribution in [0.5, 0.6) is 0 Å². The number of carbonyl (C=O) groups excluding carboxylic acids is 1. The molecule has 0 aliphatic rings. The van der Waals surface area contributed by atoms with Crippen LogP contribution < -0.4 is 5.32 Å². The predicted octanol–water partition coefficient (Wildman–Crippen LogP) is 3.79. The fourth-order valence-corrected chi connectivity index (χ4v) is 3.21. The van der Waals surface area contributed by atoms with Gasteiger partial charge in [0, 0.05) is 20.1 Å². The molecule has 0 fully saturated rings. The van der Waals surface area contributed by atoms with Gasteiger partial charge in [-0.25, -0.2) is 13.9 Å². The molecule has 9 heteroatoms. The zero-order valence-corrected chi connectivity index (χ0v) is 17.5. The summed E-state index contributed by atoms with van der Waals surface area (Å²) in [7, 11) is -0.587. The monoisotopic (exact) mass is 422 g/mol. The van der Waals surface area contributed by atoms with Crippen molar-refractivity contribution in [2.45, 2.75) is 13.2 Å². The Labute approximate surface area is 171 Å². The number of rotatable bonds is 12. The Hall–Kier alpha value is -2.22. The van der Waals surface area contributed by atoms with Gasteiger partial charge in [0.1, 0.15) is 0 Å². The summed E-state index contributed by atoms with van der Waals surface area (Å²) in [5.41, 5.74) is 1.62. The van der Waals surface area contributed by atoms with E-state index in [0.717, 1.165) is 11.1 Å². The van der Waals surface area contributed by atoms with E-state index >= 15 is 0 Å². The molecular weight excluding hydrogens is 395 g/mol. The Morgan fingerprint density at radius 1 is 0.931 bits per heavy atom. The number of ether oxygens (including phenoxy) is 1. The highest BCUT2D eigenvalue weighted by molar-refractivity contribution is 7.48. The number of amides is 1. The maximum Gasteiger partial charge on any atom is 0.478 e. The van der Waals surface area contributed by atoms with Crippen molar-refractivity contribution in [1.29, 1.82) is 0 Å². The molecule has 0 saturated carbocycles. The fraction of sp³-hybridized carbons (Fsp3) is 0.350. The van der Waals surface area contributed by atoms with E-state index in [2.05, 4.69) is 5.32 Å². The number of phosphoric acid groups is 1. The smallest absolute Gasteiger partial charge is 0.422 e. The van der Waals surface area contributed by atoms with Gasteiger partial charge >= 0.3 is 13.9 Å². The van der Waals surface area contributed by atoms with E-state index in [1.54, 1.807) is 14.1 Å². The summed E-state index contributed by atoms with van der Waals surface area (Å²) in [6.07, 6.45) is -0.599. The molecule has 1 amide bonds. The van der Waals surface area contributed by atoms with Crippen molar-refractivity contribution in [3.8, 4) is 0 Å². The lowest BCUT2D eigenvalue weighted by Gasteiger charge is -2.20. The molecule has 0 aliphatic carbocycles. The fourth-order valence-electron chi connectivity index (χ4n) is 2.19. The molecular formula is C20H27N2O6P. The number of phosphoric ester groups is 1. The molecule has 0 saturated heterocycles. The molecule has 2 aromatic rings. The summed E-state index contributed by atoms with van der Waals surface area (Å²) in [6, 6.07) is 18.4. The lowest BCUT2D eigenvalue weighted by atomic mass is 10.2. The average molecular weight is 422 g/mol. The molecule has 0 aliphatic heterocycles. The van der Waals surface area contributed by atoms with Crippen LogP contribution in [0, 0.1) is 0 Å². The van der Waals surface area contributed by atoms with Crippen LogP contribution in [0.2, 0.25) is 0 Å². The Balaban J connectivity index is 1.92. The summed E-state index contributed by atoms with van der Waals surface area (Å²) < 4.78 is 34.1. The predicted molar refractivity (Wildman–Crippen MR) is 109 cm³/mol. The molecule has 0 heterocycles. The zero-order valence-electron chi connectivity index (χ0n) is 16.7. The third-order valence-electron chi connectivity index (χ3n) is 3.87. The van der Waals surface area contributed by atoms with E-state index in [-0.39, 0.29) is 13.2 Å². The summed E-state index contributed by atoms with van der Waals surface area (Å²) in [4.78, 5) is 13.3. The van der Waals surface area contributed by atoms with Crippen LogP contribution in [0.15, 0.2) is 60.7 Å². The first kappa shape index (κ1) is 23.1. The minimum absolute atomic E-state index is 0.0307. The topological polar surface area (TPSA) is 86.3 Å². The molecule has 2 rings (SSSR count). The van der Waals surface area contributed by atoms with Crippen molar-refractivity contribution in [2.75, 3.05) is 34.0 Å². The van der Waals surface area contributed by atoms with Gasteiger partial charge in [-0.2, -0.15) is 0 Å². The van der Waals surface area contributed by atoms with Crippen LogP contribution >= 0.6 is 7.82 Å². The van der Waals surface area contributed by atoms with Crippen LogP contribution in [0.4, 0.5) is 4.79 Å². The van der Waals surface area contributed by atoms with E-state index in [4.69, 9.17) is 18.3 Å². The zero-order chi connectivity index (χ0) is 21.0. The van der Waals surface area contributed by atoms with Crippen LogP contribution in [0.1, 0.15) is 11.1 Å². The molecule has 0 bridgehead atoms. The average Bonchev–Trinajstić information content (AvgIpc) is 2.76. The largest absolute Gasteiger partial charge is 0.478 e. The second-order valence-electron chi connectivity index (χ2n) is 6.15. The molecule has 0 atom stereocenters. The highest BCUT2D eigenvalue weighted by atomic mass is 31.2. The van der Waals surface area contributed by atoms with E-state index in [1.807, 2.05) is 60.7 Å². The standard InChI is InChI=1S/C20H27N2O6P/c1-21-13-14-22(2)20(23)25-17-28-29(24,26-15-18-9-5-3-6-10-18)27-16-19-11-7-4-8-12-19/h3-12,21H,13-17H2,1-2H3. The van der Waals surface area contributed by atoms with Crippen molar-refractivity contribution in [1.82, 2.24) is 10.2 Å². The number of hydrogen-bond acceptors (Lipinski definition) is 7. The Morgan fingerprint density at radius 3 is 1.93 bits per heavy atom. The van der Waals surface area contributed by atoms with Gasteiger partial charge in [0.25, 0.3) is 0 Å². The maximum atomic E-state index is 13.0. The van der Waals surface area contributed by atoms with Crippen molar-refractivity contribution >= 4 is 13.9 Å². The minimum atomic E-state index is -3.97. The van der Waals surface area contributed by atoms with Gasteiger partial charge in [-0.3, -0.25) is 9.05 Å². The van der Waals surface area contributed by atoms with Crippen LogP contribution in [-0.4, -0.2) is 45.0 Å². The summed E-state index contributed by atoms with van der Waals surface area (Å²) in [5, 5.41) is 2.93. The number of hydrogen-bond donors (Lipinski definition) is 1. The van der Waals surface area contributed by atoms with Gasteiger partial charge in [0.15, 0.2) is 0 Å². The first-order valence-electron chi connectivity index (χ1n) is 9.16. The van der Waals surface area contributed by atoms with Crippen LogP contribution in [0.3, 0.4) is 0 Å². The summed E-state index contributed by atoms with van der Waals surface area (Å²) in [5.74, 6) is 0. The van der Waals surface area contributed by atoms with Gasteiger partial charge in [0.05, 0.1) is 13.2 Å². The number of nitrogens with zero attached hydrogens (tertiary/aromatic N) is 1. The van der Waals surface area contributed by atoms with Crippen molar-refractivity contribution in [3.63, 3.8) is 0 Å². The molecule has 0 unspecified atom stereocenters. The SMILES string of the molecule is CNCCN(C)C(=O)OCOP(=O)(OCc1ccccc1)OCc1ccccc1. The lowest BCUT2D eigenvalue weighted by molar-refractivity contribution is 0.00639. The molecule has 1 N–H and O–H groups in total. The van der Waals surface area contributed by atoms with Gasteiger partial charge in [-0.05, 0) is 18.2 Å². The highest BCUT2D eigenvalue weighted by Crippen LogP contribution is 2.50. The second-order valence-corrected chi connectivity index (χ2v) is 7.82. The second kappa shape index (κ2) is 12.4. The summed E-state index contributed by atoms with van der Waals surface area (Å²) in [6.45, 7) is 0.586. The number of carbonyl (C=O) groups is 1. The van der Waals surface area contributed by atoms with E-state index in [9.17, 15) is 9.36 Å². The third-order valence-corrected chi connectivity index (χ3v) is 5.18.